The van der Waals surface area contributed by atoms with Crippen molar-refractivity contribution in [3.8, 4) is 0 Å². The van der Waals surface area contributed by atoms with Gasteiger partial charge in [-0.2, -0.15) is 0 Å². The molecule has 0 aromatic rings. The third-order valence-corrected chi connectivity index (χ3v) is 4.61. The Balaban J connectivity index is 2.81. The SMILES string of the molecule is CCC1/C=C\NCCC(C(C)C)CCC(C)=C1C. The molecular formula is C17H31N. The lowest BCUT2D eigenvalue weighted by molar-refractivity contribution is 0.335. The first-order valence-corrected chi connectivity index (χ1v) is 7.62. The zero-order chi connectivity index (χ0) is 13.5. The molecule has 1 rings (SSSR count). The zero-order valence-corrected chi connectivity index (χ0v) is 12.9. The van der Waals surface area contributed by atoms with Crippen LogP contribution in [0.4, 0.5) is 0 Å². The first-order chi connectivity index (χ1) is 8.56. The molecule has 0 aromatic heterocycles. The second kappa shape index (κ2) is 7.66. The summed E-state index contributed by atoms with van der Waals surface area (Å²) in [5, 5.41) is 3.46. The van der Waals surface area contributed by atoms with E-state index in [2.05, 4.69) is 52.2 Å². The molecule has 0 amide bonds. The maximum absolute atomic E-state index is 3.46. The molecule has 1 N–H and O–H groups in total. The summed E-state index contributed by atoms with van der Waals surface area (Å²) in [5.74, 6) is 2.27. The van der Waals surface area contributed by atoms with Crippen LogP contribution in [0.25, 0.3) is 0 Å². The van der Waals surface area contributed by atoms with Gasteiger partial charge in [0, 0.05) is 6.54 Å². The van der Waals surface area contributed by atoms with Gasteiger partial charge in [0.15, 0.2) is 0 Å². The first kappa shape index (κ1) is 15.3. The molecule has 1 heterocycles. The van der Waals surface area contributed by atoms with Gasteiger partial charge < -0.3 is 5.32 Å². The summed E-state index contributed by atoms with van der Waals surface area (Å²) >= 11 is 0. The quantitative estimate of drug-likeness (QED) is 0.686. The van der Waals surface area contributed by atoms with Gasteiger partial charge in [-0.15, -0.1) is 0 Å². The number of hydrogen-bond donors (Lipinski definition) is 1. The van der Waals surface area contributed by atoms with Gasteiger partial charge in [-0.1, -0.05) is 38.0 Å². The Hall–Kier alpha value is -0.720. The lowest BCUT2D eigenvalue weighted by atomic mass is 9.85. The highest BCUT2D eigenvalue weighted by Gasteiger charge is 2.15. The van der Waals surface area contributed by atoms with E-state index in [9.17, 15) is 0 Å². The van der Waals surface area contributed by atoms with Gasteiger partial charge in [0.25, 0.3) is 0 Å². The molecule has 104 valence electrons. The Kier molecular flexibility index (Phi) is 6.52. The van der Waals surface area contributed by atoms with E-state index in [0.717, 1.165) is 18.4 Å². The van der Waals surface area contributed by atoms with E-state index in [1.807, 2.05) is 0 Å². The van der Waals surface area contributed by atoms with Gasteiger partial charge in [-0.05, 0) is 63.5 Å². The fraction of sp³-hybridized carbons (Fsp3) is 0.765. The van der Waals surface area contributed by atoms with Gasteiger partial charge in [0.1, 0.15) is 0 Å². The number of nitrogens with one attached hydrogen (secondary N) is 1. The highest BCUT2D eigenvalue weighted by Crippen LogP contribution is 2.27. The van der Waals surface area contributed by atoms with Crippen LogP contribution < -0.4 is 5.32 Å². The van der Waals surface area contributed by atoms with Crippen LogP contribution in [0.15, 0.2) is 23.4 Å². The van der Waals surface area contributed by atoms with Crippen molar-refractivity contribution in [1.82, 2.24) is 5.32 Å². The molecule has 1 nitrogen and oxygen atoms in total. The van der Waals surface area contributed by atoms with E-state index < -0.39 is 0 Å². The normalized spacial score (nSPS) is 28.8. The fourth-order valence-electron chi connectivity index (χ4n) is 2.85. The second-order valence-corrected chi connectivity index (χ2v) is 6.12. The lowest BCUT2D eigenvalue weighted by Crippen LogP contribution is -2.16. The van der Waals surface area contributed by atoms with Crippen LogP contribution >= 0.6 is 0 Å². The van der Waals surface area contributed by atoms with Crippen LogP contribution in [-0.4, -0.2) is 6.54 Å². The first-order valence-electron chi connectivity index (χ1n) is 7.62. The molecule has 0 spiro atoms. The Labute approximate surface area is 114 Å². The number of rotatable bonds is 2. The largest absolute Gasteiger partial charge is 0.391 e. The van der Waals surface area contributed by atoms with Crippen molar-refractivity contribution in [1.29, 1.82) is 0 Å². The molecule has 0 saturated heterocycles. The van der Waals surface area contributed by atoms with Gasteiger partial charge in [0.2, 0.25) is 0 Å². The molecule has 0 aliphatic carbocycles. The second-order valence-electron chi connectivity index (χ2n) is 6.12. The maximum Gasteiger partial charge on any atom is 0.0144 e. The smallest absolute Gasteiger partial charge is 0.0144 e. The Morgan fingerprint density at radius 2 is 2.00 bits per heavy atom. The average Bonchev–Trinajstić information content (AvgIpc) is 2.37. The van der Waals surface area contributed by atoms with Crippen LogP contribution in [0.3, 0.4) is 0 Å². The standard InChI is InChI=1S/C17H31N/c1-6-16-9-11-18-12-10-17(13(2)3)8-7-14(4)15(16)5/h9,11,13,16-18H,6-8,10,12H2,1-5H3/b11-9-,15-14?. The molecule has 0 fully saturated rings. The zero-order valence-electron chi connectivity index (χ0n) is 12.9. The van der Waals surface area contributed by atoms with Crippen molar-refractivity contribution in [2.45, 2.75) is 60.3 Å². The van der Waals surface area contributed by atoms with E-state index in [1.54, 1.807) is 11.1 Å². The molecule has 1 aliphatic heterocycles. The summed E-state index contributed by atoms with van der Waals surface area (Å²) in [6.07, 6.45) is 9.64. The maximum atomic E-state index is 3.46. The van der Waals surface area contributed by atoms with Crippen LogP contribution in [0.2, 0.25) is 0 Å². The van der Waals surface area contributed by atoms with Crippen LogP contribution in [0.1, 0.15) is 60.3 Å². The lowest BCUT2D eigenvalue weighted by Gasteiger charge is -2.21. The van der Waals surface area contributed by atoms with Crippen molar-refractivity contribution < 1.29 is 0 Å². The topological polar surface area (TPSA) is 12.0 Å². The van der Waals surface area contributed by atoms with Gasteiger partial charge in [-0.25, -0.2) is 0 Å². The fourth-order valence-corrected chi connectivity index (χ4v) is 2.85. The molecule has 0 radical (unpaired) electrons. The summed E-state index contributed by atoms with van der Waals surface area (Å²) in [6.45, 7) is 12.8. The van der Waals surface area contributed by atoms with Crippen LogP contribution in [0, 0.1) is 17.8 Å². The van der Waals surface area contributed by atoms with E-state index in [4.69, 9.17) is 0 Å². The molecule has 0 saturated carbocycles. The molecule has 0 bridgehead atoms. The van der Waals surface area contributed by atoms with Crippen molar-refractivity contribution >= 4 is 0 Å². The Morgan fingerprint density at radius 1 is 1.28 bits per heavy atom. The summed E-state index contributed by atoms with van der Waals surface area (Å²) in [5.41, 5.74) is 3.19. The molecule has 0 aromatic carbocycles. The van der Waals surface area contributed by atoms with Gasteiger partial charge >= 0.3 is 0 Å². The molecular weight excluding hydrogens is 218 g/mol. The van der Waals surface area contributed by atoms with Crippen molar-refractivity contribution in [2.24, 2.45) is 17.8 Å². The number of allylic oxidation sites excluding steroid dienone is 3. The van der Waals surface area contributed by atoms with Crippen LogP contribution in [0.5, 0.6) is 0 Å². The van der Waals surface area contributed by atoms with Crippen molar-refractivity contribution in [2.75, 3.05) is 6.54 Å². The third-order valence-electron chi connectivity index (χ3n) is 4.61. The molecule has 18 heavy (non-hydrogen) atoms. The van der Waals surface area contributed by atoms with Gasteiger partial charge in [0.05, 0.1) is 0 Å². The summed E-state index contributed by atoms with van der Waals surface area (Å²) < 4.78 is 0. The van der Waals surface area contributed by atoms with Crippen molar-refractivity contribution in [3.63, 3.8) is 0 Å². The minimum atomic E-state index is 0.619. The predicted molar refractivity (Wildman–Crippen MR) is 81.5 cm³/mol. The highest BCUT2D eigenvalue weighted by atomic mass is 14.8. The predicted octanol–water partition coefficient (Wildman–Crippen LogP) is 4.91. The monoisotopic (exact) mass is 249 g/mol. The Morgan fingerprint density at radius 3 is 2.61 bits per heavy atom. The Bertz CT molecular complexity index is 299. The summed E-state index contributed by atoms with van der Waals surface area (Å²) in [7, 11) is 0. The molecule has 1 heteroatoms. The number of hydrogen-bond acceptors (Lipinski definition) is 1. The summed E-state index contributed by atoms with van der Waals surface area (Å²) in [4.78, 5) is 0. The molecule has 2 unspecified atom stereocenters. The van der Waals surface area contributed by atoms with E-state index in [0.29, 0.717) is 5.92 Å². The minimum absolute atomic E-state index is 0.619. The van der Waals surface area contributed by atoms with Crippen LogP contribution in [-0.2, 0) is 0 Å². The molecule has 1 aliphatic rings. The summed E-state index contributed by atoms with van der Waals surface area (Å²) in [6, 6.07) is 0. The highest BCUT2D eigenvalue weighted by molar-refractivity contribution is 5.17. The minimum Gasteiger partial charge on any atom is -0.391 e. The van der Waals surface area contributed by atoms with E-state index >= 15 is 0 Å². The molecule has 2 atom stereocenters. The average molecular weight is 249 g/mol. The van der Waals surface area contributed by atoms with Crippen molar-refractivity contribution in [3.05, 3.63) is 23.4 Å². The van der Waals surface area contributed by atoms with Gasteiger partial charge in [-0.3, -0.25) is 0 Å². The van der Waals surface area contributed by atoms with E-state index in [1.165, 1.54) is 25.7 Å². The third kappa shape index (κ3) is 4.51. The van der Waals surface area contributed by atoms with E-state index in [-0.39, 0.29) is 0 Å².